The van der Waals surface area contributed by atoms with E-state index in [0.29, 0.717) is 32.1 Å². The van der Waals surface area contributed by atoms with Gasteiger partial charge in [0.15, 0.2) is 12.2 Å². The second-order valence-electron chi connectivity index (χ2n) is 24.1. The van der Waals surface area contributed by atoms with Gasteiger partial charge in [0.05, 0.1) is 32.8 Å². The molecule has 0 amide bonds. The van der Waals surface area contributed by atoms with Crippen LogP contribution >= 0.6 is 15.6 Å². The first-order chi connectivity index (χ1) is 48.7. The summed E-state index contributed by atoms with van der Waals surface area (Å²) in [6.45, 7) is 4.28. The van der Waals surface area contributed by atoms with Crippen molar-refractivity contribution in [3.05, 3.63) is 170 Å². The highest BCUT2D eigenvalue weighted by Crippen LogP contribution is 2.45. The van der Waals surface area contributed by atoms with Gasteiger partial charge in [-0.1, -0.05) is 275 Å². The zero-order valence-corrected chi connectivity index (χ0v) is 63.3. The van der Waals surface area contributed by atoms with Crippen LogP contribution in [0.25, 0.3) is 0 Å². The lowest BCUT2D eigenvalue weighted by Gasteiger charge is -2.21. The second kappa shape index (κ2) is 71.8. The average Bonchev–Trinajstić information content (AvgIpc) is 1.02. The van der Waals surface area contributed by atoms with Crippen molar-refractivity contribution >= 4 is 39.5 Å². The van der Waals surface area contributed by atoms with Crippen molar-refractivity contribution in [2.45, 2.75) is 277 Å². The van der Waals surface area contributed by atoms with Crippen LogP contribution in [0.2, 0.25) is 0 Å². The van der Waals surface area contributed by atoms with E-state index in [9.17, 15) is 43.2 Å². The quantitative estimate of drug-likeness (QED) is 0.0169. The molecule has 0 bridgehead atoms. The summed E-state index contributed by atoms with van der Waals surface area (Å²) in [6.07, 6.45) is 84.0. The number of phosphoric acid groups is 2. The van der Waals surface area contributed by atoms with Gasteiger partial charge < -0.3 is 33.8 Å². The number of phosphoric ester groups is 2. The van der Waals surface area contributed by atoms with Crippen molar-refractivity contribution < 1.29 is 80.2 Å². The molecule has 17 nitrogen and oxygen atoms in total. The zero-order chi connectivity index (χ0) is 73.2. The molecular weight excluding hydrogens is 1310 g/mol. The van der Waals surface area contributed by atoms with Crippen molar-refractivity contribution in [2.75, 3.05) is 39.6 Å². The van der Waals surface area contributed by atoms with E-state index in [-0.39, 0.29) is 25.7 Å². The van der Waals surface area contributed by atoms with Gasteiger partial charge in [0.2, 0.25) is 0 Å². The average molecular weight is 1440 g/mol. The molecule has 100 heavy (non-hydrogen) atoms. The predicted octanol–water partition coefficient (Wildman–Crippen LogP) is 21.4. The topological polar surface area (TPSA) is 237 Å². The van der Waals surface area contributed by atoms with E-state index >= 15 is 0 Å². The van der Waals surface area contributed by atoms with Gasteiger partial charge in [0, 0.05) is 19.3 Å². The molecule has 0 heterocycles. The number of aliphatic hydroxyl groups is 1. The van der Waals surface area contributed by atoms with Gasteiger partial charge in [-0.25, -0.2) is 9.13 Å². The Morgan fingerprint density at radius 3 is 0.930 bits per heavy atom. The molecule has 0 aliphatic heterocycles. The minimum atomic E-state index is -5.02. The summed E-state index contributed by atoms with van der Waals surface area (Å²) in [5.74, 6) is -2.43. The summed E-state index contributed by atoms with van der Waals surface area (Å²) in [7, 11) is -10.0. The van der Waals surface area contributed by atoms with Crippen LogP contribution in [-0.2, 0) is 65.4 Å². The Labute approximate surface area is 603 Å². The molecule has 0 aliphatic rings. The van der Waals surface area contributed by atoms with E-state index < -0.39 is 97.5 Å². The third kappa shape index (κ3) is 70.8. The number of ether oxygens (including phenoxy) is 4. The maximum absolute atomic E-state index is 13.1. The van der Waals surface area contributed by atoms with Crippen LogP contribution in [0.4, 0.5) is 0 Å². The summed E-state index contributed by atoms with van der Waals surface area (Å²) in [6, 6.07) is 0. The van der Waals surface area contributed by atoms with Gasteiger partial charge in [0.1, 0.15) is 19.3 Å². The number of allylic oxidation sites excluding steroid dienone is 27. The highest BCUT2D eigenvalue weighted by molar-refractivity contribution is 7.47. The second-order valence-corrected chi connectivity index (χ2v) is 27.0. The number of hydrogen-bond acceptors (Lipinski definition) is 15. The van der Waals surface area contributed by atoms with E-state index in [0.717, 1.165) is 135 Å². The molecule has 566 valence electrons. The normalized spacial score (nSPS) is 14.9. The highest BCUT2D eigenvalue weighted by Gasteiger charge is 2.30. The molecular formula is C81H130O17P2. The fourth-order valence-electron chi connectivity index (χ4n) is 9.14. The van der Waals surface area contributed by atoms with Crippen LogP contribution in [0.5, 0.6) is 0 Å². The fraction of sp³-hybridized carbons (Fsp3) is 0.605. The number of carbonyl (C=O) groups is 4. The maximum Gasteiger partial charge on any atom is 0.472 e. The number of carbonyl (C=O) groups excluding carboxylic acids is 4. The van der Waals surface area contributed by atoms with Gasteiger partial charge in [0.25, 0.3) is 0 Å². The maximum atomic E-state index is 13.1. The summed E-state index contributed by atoms with van der Waals surface area (Å²) in [5.41, 5.74) is 0. The van der Waals surface area contributed by atoms with Crippen LogP contribution in [-0.4, -0.2) is 96.7 Å². The van der Waals surface area contributed by atoms with Crippen molar-refractivity contribution in [1.82, 2.24) is 0 Å². The highest BCUT2D eigenvalue weighted by atomic mass is 31.2. The lowest BCUT2D eigenvalue weighted by molar-refractivity contribution is -0.161. The molecule has 0 saturated carbocycles. The molecule has 3 N–H and O–H groups in total. The minimum absolute atomic E-state index is 0.0573. The molecule has 0 rings (SSSR count). The van der Waals surface area contributed by atoms with E-state index in [1.807, 2.05) is 24.3 Å². The fourth-order valence-corrected chi connectivity index (χ4v) is 10.7. The standard InChI is InChI=1S/C81H130O17P2/c1-5-9-13-17-21-25-29-32-35-37-40-42-46-49-53-57-61-65-78(83)91-71-76(97-80(85)67-63-59-55-51-45-28-24-20-16-12-8-4)73-95-99(87,88)93-69-75(82)70-94-100(89,90)96-74-77(98-81(86)68-64-60-56-52-48-44-39-34-31-27-23-19-15-11-7-3)72-92-79(84)66-62-58-54-50-47-43-41-38-36-33-30-26-22-18-14-10-6-2/h9-11,13-15,21-23,25-27,32-36,39-43,48,50,52,54,60,64,75-77,82H,5-8,12,16-20,24,28-31,37-38,44-47,49,51,53,55-59,61-63,65-74H2,1-4H3,(H,87,88)(H,89,90)/b13-9-,14-10-,15-11-,25-21-,26-22-,27-23-,35-32-,36-33-,39-34-,42-40-,43-41-,52-48-,54-50-,64-60-. The molecule has 0 aromatic carbocycles. The summed E-state index contributed by atoms with van der Waals surface area (Å²) in [5, 5.41) is 10.6. The Hall–Kier alpha value is -5.58. The van der Waals surface area contributed by atoms with Gasteiger partial charge in [-0.05, 0) is 128 Å². The largest absolute Gasteiger partial charge is 0.472 e. The number of hydrogen-bond donors (Lipinski definition) is 3. The smallest absolute Gasteiger partial charge is 0.462 e. The predicted molar refractivity (Wildman–Crippen MR) is 408 cm³/mol. The minimum Gasteiger partial charge on any atom is -0.462 e. The van der Waals surface area contributed by atoms with E-state index in [1.165, 1.54) is 38.5 Å². The molecule has 0 fully saturated rings. The van der Waals surface area contributed by atoms with Crippen LogP contribution < -0.4 is 0 Å². The molecule has 5 unspecified atom stereocenters. The Morgan fingerprint density at radius 2 is 0.570 bits per heavy atom. The van der Waals surface area contributed by atoms with Crippen molar-refractivity contribution in [3.8, 4) is 0 Å². The molecule has 5 atom stereocenters. The van der Waals surface area contributed by atoms with Crippen LogP contribution in [0.1, 0.15) is 259 Å². The van der Waals surface area contributed by atoms with Crippen molar-refractivity contribution in [1.29, 1.82) is 0 Å². The van der Waals surface area contributed by atoms with Crippen molar-refractivity contribution in [3.63, 3.8) is 0 Å². The number of unbranched alkanes of at least 4 members (excludes halogenated alkanes) is 15. The molecule has 0 spiro atoms. The summed E-state index contributed by atoms with van der Waals surface area (Å²) >= 11 is 0. The lowest BCUT2D eigenvalue weighted by Crippen LogP contribution is -2.30. The summed E-state index contributed by atoms with van der Waals surface area (Å²) in [4.78, 5) is 72.7. The SMILES string of the molecule is CC/C=C\C/C=C\C/C=C\C/C=C\C/C=C\CCCC(=O)OCC(COP(=O)(O)OCC(O)COP(=O)(O)OCC(COC(=O)CCCCCC/C=C\C/C=C\C/C=C\C/C=C\CC)OC(=O)CCCCCCCCCCCCC)OC(=O)C/C=C\C/C=C\C/C=C\C/C=C\C/C=C\CC. The monoisotopic (exact) mass is 1440 g/mol. The Bertz CT molecular complexity index is 2570. The first kappa shape index (κ1) is 94.4. The molecule has 0 aliphatic carbocycles. The van der Waals surface area contributed by atoms with Gasteiger partial charge >= 0.3 is 39.5 Å². The molecule has 0 saturated heterocycles. The Kier molecular flexibility index (Phi) is 67.8. The van der Waals surface area contributed by atoms with E-state index in [1.54, 1.807) is 12.2 Å². The van der Waals surface area contributed by atoms with Crippen molar-refractivity contribution in [2.24, 2.45) is 0 Å². The molecule has 0 radical (unpaired) electrons. The van der Waals surface area contributed by atoms with Gasteiger partial charge in [-0.3, -0.25) is 37.3 Å². The van der Waals surface area contributed by atoms with Crippen LogP contribution in [0.15, 0.2) is 170 Å². The van der Waals surface area contributed by atoms with Crippen LogP contribution in [0, 0.1) is 0 Å². The van der Waals surface area contributed by atoms with E-state index in [4.69, 9.17) is 37.0 Å². The Balaban J connectivity index is 5.48. The van der Waals surface area contributed by atoms with E-state index in [2.05, 4.69) is 161 Å². The lowest BCUT2D eigenvalue weighted by atomic mass is 10.1. The first-order valence-electron chi connectivity index (χ1n) is 37.4. The Morgan fingerprint density at radius 1 is 0.300 bits per heavy atom. The van der Waals surface area contributed by atoms with Crippen LogP contribution in [0.3, 0.4) is 0 Å². The van der Waals surface area contributed by atoms with Gasteiger partial charge in [-0.2, -0.15) is 0 Å². The third-order valence-electron chi connectivity index (χ3n) is 14.7. The summed E-state index contributed by atoms with van der Waals surface area (Å²) < 4.78 is 68.2. The number of aliphatic hydroxyl groups excluding tert-OH is 1. The molecule has 0 aromatic rings. The molecule has 19 heteroatoms. The molecule has 0 aromatic heterocycles. The first-order valence-corrected chi connectivity index (χ1v) is 40.4. The van der Waals surface area contributed by atoms with Gasteiger partial charge in [-0.15, -0.1) is 0 Å². The third-order valence-corrected chi connectivity index (χ3v) is 16.6. The number of esters is 4. The number of rotatable bonds is 68. The zero-order valence-electron chi connectivity index (χ0n) is 61.5.